The molecular formula is C8H22N2. The molecule has 0 aliphatic carbocycles. The maximum atomic E-state index is 3.11. The maximum Gasteiger partial charge on any atom is -0.00533 e. The Hall–Kier alpha value is -0.0800. The standard InChI is InChI=1S/2C4H11N/c1-4-5(2)3;1-3-5-4-2/h4H2,1-3H3;5H,3-4H2,1-2H3. The summed E-state index contributed by atoms with van der Waals surface area (Å²) in [5.41, 5.74) is 0. The molecule has 2 heteroatoms. The summed E-state index contributed by atoms with van der Waals surface area (Å²) in [5.74, 6) is 0. The molecule has 0 spiro atoms. The van der Waals surface area contributed by atoms with Gasteiger partial charge >= 0.3 is 0 Å². The number of nitrogens with one attached hydrogen (secondary N) is 1. The van der Waals surface area contributed by atoms with Crippen molar-refractivity contribution in [2.45, 2.75) is 20.8 Å². The van der Waals surface area contributed by atoms with Gasteiger partial charge in [-0.25, -0.2) is 0 Å². The molecule has 0 aliphatic heterocycles. The van der Waals surface area contributed by atoms with Crippen LogP contribution in [0, 0.1) is 0 Å². The molecule has 0 atom stereocenters. The van der Waals surface area contributed by atoms with E-state index in [2.05, 4.69) is 45.1 Å². The molecule has 0 rings (SSSR count). The van der Waals surface area contributed by atoms with Crippen molar-refractivity contribution in [1.29, 1.82) is 0 Å². The Kier molecular flexibility index (Phi) is 14.7. The lowest BCUT2D eigenvalue weighted by molar-refractivity contribution is 0.434. The third kappa shape index (κ3) is 24.7. The zero-order valence-corrected chi connectivity index (χ0v) is 8.07. The van der Waals surface area contributed by atoms with Crippen LogP contribution in [0.3, 0.4) is 0 Å². The monoisotopic (exact) mass is 146 g/mol. The fourth-order valence-electron chi connectivity index (χ4n) is 0.250. The second-order valence-electron chi connectivity index (χ2n) is 2.35. The van der Waals surface area contributed by atoms with E-state index in [-0.39, 0.29) is 0 Å². The molecule has 0 bridgehead atoms. The molecule has 2 nitrogen and oxygen atoms in total. The van der Waals surface area contributed by atoms with E-state index in [1.54, 1.807) is 0 Å². The Morgan fingerprint density at radius 2 is 1.30 bits per heavy atom. The molecule has 0 radical (unpaired) electrons. The molecule has 0 unspecified atom stereocenters. The van der Waals surface area contributed by atoms with Gasteiger partial charge in [-0.1, -0.05) is 20.8 Å². The maximum absolute atomic E-state index is 3.11. The predicted octanol–water partition coefficient (Wildman–Crippen LogP) is 1.18. The molecule has 0 fully saturated rings. The minimum Gasteiger partial charge on any atom is -0.317 e. The fourth-order valence-corrected chi connectivity index (χ4v) is 0.250. The van der Waals surface area contributed by atoms with Crippen LogP contribution in [0.4, 0.5) is 0 Å². The van der Waals surface area contributed by atoms with E-state index in [9.17, 15) is 0 Å². The van der Waals surface area contributed by atoms with Gasteiger partial charge < -0.3 is 10.2 Å². The number of hydrogen-bond donors (Lipinski definition) is 1. The van der Waals surface area contributed by atoms with E-state index in [1.165, 1.54) is 0 Å². The van der Waals surface area contributed by atoms with Crippen molar-refractivity contribution in [3.63, 3.8) is 0 Å². The van der Waals surface area contributed by atoms with Gasteiger partial charge in [0.2, 0.25) is 0 Å². The van der Waals surface area contributed by atoms with E-state index in [0.717, 1.165) is 19.6 Å². The van der Waals surface area contributed by atoms with E-state index >= 15 is 0 Å². The second kappa shape index (κ2) is 11.7. The van der Waals surface area contributed by atoms with Crippen LogP contribution in [-0.4, -0.2) is 38.6 Å². The Morgan fingerprint density at radius 3 is 1.30 bits per heavy atom. The van der Waals surface area contributed by atoms with E-state index in [0.29, 0.717) is 0 Å². The van der Waals surface area contributed by atoms with E-state index < -0.39 is 0 Å². The van der Waals surface area contributed by atoms with Crippen molar-refractivity contribution >= 4 is 0 Å². The Labute approximate surface area is 65.6 Å². The molecule has 1 N–H and O–H groups in total. The SMILES string of the molecule is CCN(C)C.CCNCC. The van der Waals surface area contributed by atoms with Gasteiger partial charge in [0.1, 0.15) is 0 Å². The lowest BCUT2D eigenvalue weighted by atomic mass is 10.7. The molecule has 0 saturated heterocycles. The average molecular weight is 146 g/mol. The molecule has 0 saturated carbocycles. The molecule has 10 heavy (non-hydrogen) atoms. The highest BCUT2D eigenvalue weighted by molar-refractivity contribution is 4.27. The van der Waals surface area contributed by atoms with Crippen LogP contribution in [0.15, 0.2) is 0 Å². The van der Waals surface area contributed by atoms with Crippen LogP contribution in [-0.2, 0) is 0 Å². The summed E-state index contributed by atoms with van der Waals surface area (Å²) in [6.07, 6.45) is 0. The van der Waals surface area contributed by atoms with Crippen LogP contribution < -0.4 is 5.32 Å². The Morgan fingerprint density at radius 1 is 1.00 bits per heavy atom. The van der Waals surface area contributed by atoms with Crippen LogP contribution in [0.5, 0.6) is 0 Å². The van der Waals surface area contributed by atoms with Crippen LogP contribution >= 0.6 is 0 Å². The molecule has 0 heterocycles. The molecule has 0 aromatic rings. The molecule has 0 amide bonds. The van der Waals surface area contributed by atoms with Gasteiger partial charge in [-0.05, 0) is 33.7 Å². The van der Waals surface area contributed by atoms with E-state index in [1.807, 2.05) is 0 Å². The first kappa shape index (κ1) is 12.6. The fraction of sp³-hybridized carbons (Fsp3) is 1.00. The highest BCUT2D eigenvalue weighted by Crippen LogP contribution is 1.63. The lowest BCUT2D eigenvalue weighted by Gasteiger charge is -2.00. The lowest BCUT2D eigenvalue weighted by Crippen LogP contribution is -2.09. The number of rotatable bonds is 3. The van der Waals surface area contributed by atoms with Gasteiger partial charge in [0.25, 0.3) is 0 Å². The molecule has 0 aromatic heterocycles. The number of hydrogen-bond acceptors (Lipinski definition) is 2. The first-order valence-electron chi connectivity index (χ1n) is 4.04. The predicted molar refractivity (Wildman–Crippen MR) is 48.4 cm³/mol. The summed E-state index contributed by atoms with van der Waals surface area (Å²) in [7, 11) is 4.11. The second-order valence-corrected chi connectivity index (χ2v) is 2.35. The Balaban J connectivity index is 0. The zero-order valence-electron chi connectivity index (χ0n) is 8.07. The van der Waals surface area contributed by atoms with E-state index in [4.69, 9.17) is 0 Å². The third-order valence-corrected chi connectivity index (χ3v) is 1.13. The van der Waals surface area contributed by atoms with Crippen LogP contribution in [0.2, 0.25) is 0 Å². The molecule has 0 aliphatic rings. The first-order chi connectivity index (χ1) is 4.68. The van der Waals surface area contributed by atoms with Crippen LogP contribution in [0.1, 0.15) is 20.8 Å². The zero-order chi connectivity index (χ0) is 8.41. The highest BCUT2D eigenvalue weighted by atomic mass is 15.0. The Bertz CT molecular complexity index is 42.5. The van der Waals surface area contributed by atoms with Gasteiger partial charge in [-0.2, -0.15) is 0 Å². The van der Waals surface area contributed by atoms with Gasteiger partial charge in [0, 0.05) is 0 Å². The van der Waals surface area contributed by atoms with Crippen molar-refractivity contribution in [3.8, 4) is 0 Å². The quantitative estimate of drug-likeness (QED) is 0.643. The molecular weight excluding hydrogens is 124 g/mol. The van der Waals surface area contributed by atoms with Crippen molar-refractivity contribution in [2.75, 3.05) is 33.7 Å². The molecule has 0 aromatic carbocycles. The van der Waals surface area contributed by atoms with Crippen LogP contribution in [0.25, 0.3) is 0 Å². The van der Waals surface area contributed by atoms with Crippen molar-refractivity contribution < 1.29 is 0 Å². The van der Waals surface area contributed by atoms with Crippen molar-refractivity contribution in [2.24, 2.45) is 0 Å². The van der Waals surface area contributed by atoms with Crippen molar-refractivity contribution in [3.05, 3.63) is 0 Å². The van der Waals surface area contributed by atoms with Gasteiger partial charge in [0.15, 0.2) is 0 Å². The summed E-state index contributed by atoms with van der Waals surface area (Å²) in [5, 5.41) is 3.11. The minimum absolute atomic E-state index is 1.09. The summed E-state index contributed by atoms with van der Waals surface area (Å²) in [6.45, 7) is 9.65. The van der Waals surface area contributed by atoms with Crippen molar-refractivity contribution in [1.82, 2.24) is 10.2 Å². The summed E-state index contributed by atoms with van der Waals surface area (Å²) in [4.78, 5) is 2.12. The van der Waals surface area contributed by atoms with Gasteiger partial charge in [-0.3, -0.25) is 0 Å². The normalized spacial score (nSPS) is 9.00. The van der Waals surface area contributed by atoms with Gasteiger partial charge in [-0.15, -0.1) is 0 Å². The minimum atomic E-state index is 1.09. The molecule has 64 valence electrons. The summed E-state index contributed by atoms with van der Waals surface area (Å²) < 4.78 is 0. The first-order valence-corrected chi connectivity index (χ1v) is 4.04. The van der Waals surface area contributed by atoms with Gasteiger partial charge in [0.05, 0.1) is 0 Å². The average Bonchev–Trinajstić information content (AvgIpc) is 1.91. The largest absolute Gasteiger partial charge is 0.317 e. The smallest absolute Gasteiger partial charge is 0.00533 e. The third-order valence-electron chi connectivity index (χ3n) is 1.13. The highest BCUT2D eigenvalue weighted by Gasteiger charge is 1.72. The number of nitrogens with zero attached hydrogens (tertiary/aromatic N) is 1. The summed E-state index contributed by atoms with van der Waals surface area (Å²) >= 11 is 0. The summed E-state index contributed by atoms with van der Waals surface area (Å²) in [6, 6.07) is 0. The topological polar surface area (TPSA) is 15.3 Å².